The highest BCUT2D eigenvalue weighted by molar-refractivity contribution is 7.89. The van der Waals surface area contributed by atoms with Gasteiger partial charge in [0.1, 0.15) is 6.54 Å². The lowest BCUT2D eigenvalue weighted by molar-refractivity contribution is -0.137. The topological polar surface area (TPSA) is 74.7 Å². The minimum absolute atomic E-state index is 0.0446. The number of rotatable bonds is 8. The van der Waals surface area contributed by atoms with E-state index in [0.717, 1.165) is 22.7 Å². The molecule has 6 heteroatoms. The van der Waals surface area contributed by atoms with Crippen molar-refractivity contribution in [3.05, 3.63) is 35.9 Å². The minimum Gasteiger partial charge on any atom is -0.480 e. The Kier molecular flexibility index (Phi) is 4.77. The molecule has 1 saturated carbocycles. The van der Waals surface area contributed by atoms with E-state index in [4.69, 9.17) is 5.11 Å². The summed E-state index contributed by atoms with van der Waals surface area (Å²) in [5.74, 6) is -0.813. The van der Waals surface area contributed by atoms with Crippen molar-refractivity contribution in [1.29, 1.82) is 0 Å². The molecule has 0 bridgehead atoms. The van der Waals surface area contributed by atoms with E-state index in [0.29, 0.717) is 18.9 Å². The number of sulfonamides is 1. The Labute approximate surface area is 119 Å². The average Bonchev–Trinajstić information content (AvgIpc) is 3.20. The smallest absolute Gasteiger partial charge is 0.318 e. The third-order valence-corrected chi connectivity index (χ3v) is 5.14. The fraction of sp³-hybridized carbons (Fsp3) is 0.500. The summed E-state index contributed by atoms with van der Waals surface area (Å²) in [5, 5.41) is 8.86. The fourth-order valence-electron chi connectivity index (χ4n) is 2.04. The highest BCUT2D eigenvalue weighted by atomic mass is 32.2. The van der Waals surface area contributed by atoms with Gasteiger partial charge in [-0.3, -0.25) is 4.79 Å². The van der Waals surface area contributed by atoms with Crippen molar-refractivity contribution in [2.24, 2.45) is 5.92 Å². The number of aliphatic carboxylic acids is 1. The Hall–Kier alpha value is -1.40. The van der Waals surface area contributed by atoms with Gasteiger partial charge in [0.25, 0.3) is 0 Å². The number of carboxylic acid groups (broad SMARTS) is 1. The van der Waals surface area contributed by atoms with Gasteiger partial charge in [0, 0.05) is 6.54 Å². The van der Waals surface area contributed by atoms with Crippen molar-refractivity contribution in [2.45, 2.75) is 19.3 Å². The van der Waals surface area contributed by atoms with E-state index in [-0.39, 0.29) is 5.75 Å². The number of aryl methyl sites for hydroxylation is 1. The summed E-state index contributed by atoms with van der Waals surface area (Å²) in [6.45, 7) is -0.100. The molecule has 0 spiro atoms. The molecule has 20 heavy (non-hydrogen) atoms. The van der Waals surface area contributed by atoms with E-state index < -0.39 is 22.5 Å². The summed E-state index contributed by atoms with van der Waals surface area (Å²) in [6.07, 6.45) is 2.39. The highest BCUT2D eigenvalue weighted by Gasteiger charge is 2.31. The first-order chi connectivity index (χ1) is 9.47. The van der Waals surface area contributed by atoms with Gasteiger partial charge in [0.15, 0.2) is 0 Å². The van der Waals surface area contributed by atoms with E-state index in [1.807, 2.05) is 30.3 Å². The predicted octanol–water partition coefficient (Wildman–Crippen LogP) is 1.36. The average molecular weight is 297 g/mol. The summed E-state index contributed by atoms with van der Waals surface area (Å²) in [7, 11) is -3.52. The molecule has 0 saturated heterocycles. The zero-order valence-electron chi connectivity index (χ0n) is 11.2. The Morgan fingerprint density at radius 3 is 2.45 bits per heavy atom. The number of benzene rings is 1. The number of hydrogen-bond donors (Lipinski definition) is 1. The van der Waals surface area contributed by atoms with Crippen LogP contribution in [-0.4, -0.2) is 42.6 Å². The van der Waals surface area contributed by atoms with E-state index in [1.165, 1.54) is 0 Å². The van der Waals surface area contributed by atoms with Crippen LogP contribution in [0.15, 0.2) is 30.3 Å². The van der Waals surface area contributed by atoms with Crippen molar-refractivity contribution < 1.29 is 18.3 Å². The minimum atomic E-state index is -3.52. The Morgan fingerprint density at radius 1 is 1.25 bits per heavy atom. The van der Waals surface area contributed by atoms with Crippen molar-refractivity contribution in [3.63, 3.8) is 0 Å². The molecule has 1 aromatic carbocycles. The normalized spacial score (nSPS) is 15.4. The zero-order valence-corrected chi connectivity index (χ0v) is 12.1. The van der Waals surface area contributed by atoms with Crippen LogP contribution in [-0.2, 0) is 21.2 Å². The Bertz CT molecular complexity index is 552. The summed E-state index contributed by atoms with van der Waals surface area (Å²) in [5.41, 5.74) is 0.942. The van der Waals surface area contributed by atoms with Crippen LogP contribution in [0.5, 0.6) is 0 Å². The van der Waals surface area contributed by atoms with Gasteiger partial charge in [-0.15, -0.1) is 0 Å². The molecule has 0 unspecified atom stereocenters. The molecule has 5 nitrogen and oxygen atoms in total. The van der Waals surface area contributed by atoms with Gasteiger partial charge in [-0.25, -0.2) is 8.42 Å². The second-order valence-electron chi connectivity index (χ2n) is 5.18. The Morgan fingerprint density at radius 2 is 1.90 bits per heavy atom. The SMILES string of the molecule is O=C(O)CN(CC1CC1)S(=O)(=O)CCc1ccccc1. The predicted molar refractivity (Wildman–Crippen MR) is 75.9 cm³/mol. The van der Waals surface area contributed by atoms with Crippen LogP contribution < -0.4 is 0 Å². The maximum absolute atomic E-state index is 12.3. The van der Waals surface area contributed by atoms with Crippen LogP contribution in [0.4, 0.5) is 0 Å². The highest BCUT2D eigenvalue weighted by Crippen LogP contribution is 2.30. The van der Waals surface area contributed by atoms with E-state index >= 15 is 0 Å². The summed E-state index contributed by atoms with van der Waals surface area (Å²) in [6, 6.07) is 9.35. The first kappa shape index (κ1) is 15.0. The first-order valence-corrected chi connectivity index (χ1v) is 8.32. The molecule has 0 amide bonds. The molecule has 0 radical (unpaired) electrons. The quantitative estimate of drug-likeness (QED) is 0.786. The molecule has 0 aromatic heterocycles. The molecule has 1 aliphatic carbocycles. The molecular weight excluding hydrogens is 278 g/mol. The zero-order chi connectivity index (χ0) is 14.6. The second-order valence-corrected chi connectivity index (χ2v) is 7.27. The molecule has 0 heterocycles. The maximum atomic E-state index is 12.3. The fourth-order valence-corrected chi connectivity index (χ4v) is 3.53. The van der Waals surface area contributed by atoms with Crippen LogP contribution in [0.3, 0.4) is 0 Å². The van der Waals surface area contributed by atoms with Crippen molar-refractivity contribution >= 4 is 16.0 Å². The second kappa shape index (κ2) is 6.37. The monoisotopic (exact) mass is 297 g/mol. The van der Waals surface area contributed by atoms with Crippen LogP contribution in [0.2, 0.25) is 0 Å². The molecular formula is C14H19NO4S. The molecule has 2 rings (SSSR count). The molecule has 0 atom stereocenters. The summed E-state index contributed by atoms with van der Waals surface area (Å²) in [4.78, 5) is 10.8. The van der Waals surface area contributed by atoms with E-state index in [9.17, 15) is 13.2 Å². The molecule has 1 aromatic rings. The van der Waals surface area contributed by atoms with Gasteiger partial charge < -0.3 is 5.11 Å². The summed E-state index contributed by atoms with van der Waals surface area (Å²) < 4.78 is 25.7. The van der Waals surface area contributed by atoms with Crippen LogP contribution in [0.25, 0.3) is 0 Å². The molecule has 0 aliphatic heterocycles. The number of carboxylic acids is 1. The molecule has 1 fully saturated rings. The van der Waals surface area contributed by atoms with Gasteiger partial charge in [0.2, 0.25) is 10.0 Å². The van der Waals surface area contributed by atoms with Crippen molar-refractivity contribution in [2.75, 3.05) is 18.8 Å². The number of hydrogen-bond acceptors (Lipinski definition) is 3. The number of carbonyl (C=O) groups is 1. The molecule has 1 N–H and O–H groups in total. The van der Waals surface area contributed by atoms with Crippen molar-refractivity contribution in [1.82, 2.24) is 4.31 Å². The summed E-state index contributed by atoms with van der Waals surface area (Å²) >= 11 is 0. The first-order valence-electron chi connectivity index (χ1n) is 6.71. The lowest BCUT2D eigenvalue weighted by atomic mass is 10.2. The van der Waals surface area contributed by atoms with Gasteiger partial charge >= 0.3 is 5.97 Å². The molecule has 110 valence electrons. The van der Waals surface area contributed by atoms with Crippen molar-refractivity contribution in [3.8, 4) is 0 Å². The standard InChI is InChI=1S/C14H19NO4S/c16-14(17)11-15(10-13-6-7-13)20(18,19)9-8-12-4-2-1-3-5-12/h1-5,13H,6-11H2,(H,16,17). The van der Waals surface area contributed by atoms with E-state index in [2.05, 4.69) is 0 Å². The largest absolute Gasteiger partial charge is 0.480 e. The maximum Gasteiger partial charge on any atom is 0.318 e. The van der Waals surface area contributed by atoms with Crippen LogP contribution >= 0.6 is 0 Å². The van der Waals surface area contributed by atoms with Gasteiger partial charge in [-0.1, -0.05) is 30.3 Å². The van der Waals surface area contributed by atoms with Crippen LogP contribution in [0.1, 0.15) is 18.4 Å². The van der Waals surface area contributed by atoms with Gasteiger partial charge in [-0.05, 0) is 30.7 Å². The lowest BCUT2D eigenvalue weighted by Gasteiger charge is -2.20. The van der Waals surface area contributed by atoms with Crippen LogP contribution in [0, 0.1) is 5.92 Å². The third kappa shape index (κ3) is 4.61. The van der Waals surface area contributed by atoms with E-state index in [1.54, 1.807) is 0 Å². The number of nitrogens with zero attached hydrogens (tertiary/aromatic N) is 1. The lowest BCUT2D eigenvalue weighted by Crippen LogP contribution is -2.39. The third-order valence-electron chi connectivity index (χ3n) is 3.36. The van der Waals surface area contributed by atoms with Gasteiger partial charge in [-0.2, -0.15) is 4.31 Å². The Balaban J connectivity index is 1.99. The van der Waals surface area contributed by atoms with Gasteiger partial charge in [0.05, 0.1) is 5.75 Å². The molecule has 1 aliphatic rings.